The molecule has 0 unspecified atom stereocenters. The standard InChI is InChI=1S/C17H12FNO3/c18-15-7-3-1-6-13(15)11-22-16-8-4-2-5-12(16)9-14(10-19)17(20)21/h1-9H,11H2,(H,20,21). The molecule has 22 heavy (non-hydrogen) atoms. The second-order valence-corrected chi connectivity index (χ2v) is 4.39. The maximum absolute atomic E-state index is 13.6. The van der Waals surface area contributed by atoms with E-state index in [0.717, 1.165) is 0 Å². The summed E-state index contributed by atoms with van der Waals surface area (Å²) in [4.78, 5) is 10.9. The molecule has 0 spiro atoms. The third-order valence-electron chi connectivity index (χ3n) is 2.91. The third-order valence-corrected chi connectivity index (χ3v) is 2.91. The van der Waals surface area contributed by atoms with Crippen molar-refractivity contribution in [2.75, 3.05) is 0 Å². The van der Waals surface area contributed by atoms with E-state index in [9.17, 15) is 9.18 Å². The van der Waals surface area contributed by atoms with Crippen LogP contribution < -0.4 is 4.74 Å². The number of carboxylic acids is 1. The molecule has 1 N–H and O–H groups in total. The molecule has 0 saturated carbocycles. The Balaban J connectivity index is 2.24. The zero-order valence-electron chi connectivity index (χ0n) is 11.5. The lowest BCUT2D eigenvalue weighted by Crippen LogP contribution is -2.01. The average molecular weight is 297 g/mol. The molecule has 4 nitrogen and oxygen atoms in total. The summed E-state index contributed by atoms with van der Waals surface area (Å²) in [6.07, 6.45) is 1.22. The summed E-state index contributed by atoms with van der Waals surface area (Å²) in [6.45, 7) is 0.00643. The van der Waals surface area contributed by atoms with Crippen molar-refractivity contribution in [1.29, 1.82) is 5.26 Å². The quantitative estimate of drug-likeness (QED) is 0.678. The van der Waals surface area contributed by atoms with E-state index in [1.807, 2.05) is 0 Å². The highest BCUT2D eigenvalue weighted by Crippen LogP contribution is 2.22. The number of para-hydroxylation sites is 1. The second-order valence-electron chi connectivity index (χ2n) is 4.39. The Morgan fingerprint density at radius 1 is 1.23 bits per heavy atom. The minimum absolute atomic E-state index is 0.00643. The third kappa shape index (κ3) is 3.70. The molecule has 0 atom stereocenters. The minimum Gasteiger partial charge on any atom is -0.488 e. The van der Waals surface area contributed by atoms with Gasteiger partial charge in [0.1, 0.15) is 29.8 Å². The van der Waals surface area contributed by atoms with Crippen molar-refractivity contribution in [3.05, 3.63) is 71.0 Å². The summed E-state index contributed by atoms with van der Waals surface area (Å²) in [5.41, 5.74) is 0.430. The molecule has 2 rings (SSSR count). The van der Waals surface area contributed by atoms with Crippen LogP contribution in [-0.2, 0) is 11.4 Å². The zero-order valence-corrected chi connectivity index (χ0v) is 11.5. The number of hydrogen-bond donors (Lipinski definition) is 1. The van der Waals surface area contributed by atoms with E-state index in [2.05, 4.69) is 0 Å². The Kier molecular flexibility index (Phi) is 4.89. The van der Waals surface area contributed by atoms with Crippen molar-refractivity contribution in [3.63, 3.8) is 0 Å². The predicted molar refractivity (Wildman–Crippen MR) is 78.4 cm³/mol. The van der Waals surface area contributed by atoms with Crippen LogP contribution in [0.4, 0.5) is 4.39 Å². The van der Waals surface area contributed by atoms with Gasteiger partial charge < -0.3 is 9.84 Å². The van der Waals surface area contributed by atoms with E-state index in [-0.39, 0.29) is 12.4 Å². The van der Waals surface area contributed by atoms with Gasteiger partial charge in [0, 0.05) is 11.1 Å². The first-order valence-electron chi connectivity index (χ1n) is 6.42. The topological polar surface area (TPSA) is 70.3 Å². The number of halogens is 1. The second kappa shape index (κ2) is 7.04. The summed E-state index contributed by atoms with van der Waals surface area (Å²) < 4.78 is 19.1. The number of hydrogen-bond acceptors (Lipinski definition) is 3. The molecule has 0 fully saturated rings. The summed E-state index contributed by atoms with van der Waals surface area (Å²) >= 11 is 0. The molecule has 0 aliphatic rings. The van der Waals surface area contributed by atoms with Crippen molar-refractivity contribution >= 4 is 12.0 Å². The number of nitriles is 1. The maximum atomic E-state index is 13.6. The van der Waals surface area contributed by atoms with Crippen LogP contribution in [0.5, 0.6) is 5.75 Å². The Morgan fingerprint density at radius 2 is 1.91 bits per heavy atom. The molecule has 0 aliphatic heterocycles. The Bertz CT molecular complexity index is 762. The number of nitrogens with zero attached hydrogens (tertiary/aromatic N) is 1. The zero-order chi connectivity index (χ0) is 15.9. The van der Waals surface area contributed by atoms with Crippen molar-refractivity contribution in [2.45, 2.75) is 6.61 Å². The summed E-state index contributed by atoms with van der Waals surface area (Å²) in [7, 11) is 0. The molecule has 2 aromatic rings. The van der Waals surface area contributed by atoms with Crippen LogP contribution in [0.1, 0.15) is 11.1 Å². The molecule has 0 amide bonds. The number of carboxylic acid groups (broad SMARTS) is 1. The van der Waals surface area contributed by atoms with E-state index in [4.69, 9.17) is 15.1 Å². The van der Waals surface area contributed by atoms with Gasteiger partial charge in [0.15, 0.2) is 0 Å². The van der Waals surface area contributed by atoms with Crippen LogP contribution >= 0.6 is 0 Å². The van der Waals surface area contributed by atoms with Crippen molar-refractivity contribution in [1.82, 2.24) is 0 Å². The molecular weight excluding hydrogens is 285 g/mol. The highest BCUT2D eigenvalue weighted by atomic mass is 19.1. The normalized spacial score (nSPS) is 10.8. The summed E-state index contributed by atoms with van der Waals surface area (Å²) in [5.74, 6) is -1.31. The number of carbonyl (C=O) groups is 1. The van der Waals surface area contributed by atoms with Crippen LogP contribution in [-0.4, -0.2) is 11.1 Å². The van der Waals surface area contributed by atoms with E-state index in [0.29, 0.717) is 16.9 Å². The molecule has 2 aromatic carbocycles. The average Bonchev–Trinajstić information content (AvgIpc) is 2.52. The Labute approximate surface area is 126 Å². The lowest BCUT2D eigenvalue weighted by Gasteiger charge is -2.10. The summed E-state index contributed by atoms with van der Waals surface area (Å²) in [5, 5.41) is 17.7. The lowest BCUT2D eigenvalue weighted by molar-refractivity contribution is -0.132. The number of ether oxygens (including phenoxy) is 1. The highest BCUT2D eigenvalue weighted by Gasteiger charge is 2.09. The van der Waals surface area contributed by atoms with Crippen LogP contribution in [0.2, 0.25) is 0 Å². The Hall–Kier alpha value is -3.13. The van der Waals surface area contributed by atoms with Gasteiger partial charge in [-0.05, 0) is 18.2 Å². The molecule has 0 radical (unpaired) electrons. The first-order valence-corrected chi connectivity index (χ1v) is 6.42. The smallest absolute Gasteiger partial charge is 0.346 e. The van der Waals surface area contributed by atoms with Crippen molar-refractivity contribution in [2.24, 2.45) is 0 Å². The molecule has 110 valence electrons. The SMILES string of the molecule is N#CC(=Cc1ccccc1OCc1ccccc1F)C(=O)O. The molecule has 5 heteroatoms. The predicted octanol–water partition coefficient (Wildman–Crippen LogP) is 3.40. The van der Waals surface area contributed by atoms with Gasteiger partial charge in [0.2, 0.25) is 0 Å². The van der Waals surface area contributed by atoms with Crippen LogP contribution in [0.15, 0.2) is 54.1 Å². The maximum Gasteiger partial charge on any atom is 0.346 e. The highest BCUT2D eigenvalue weighted by molar-refractivity contribution is 5.96. The van der Waals surface area contributed by atoms with Gasteiger partial charge in [-0.1, -0.05) is 36.4 Å². The van der Waals surface area contributed by atoms with Gasteiger partial charge in [0.25, 0.3) is 0 Å². The number of aliphatic carboxylic acids is 1. The molecule has 0 heterocycles. The van der Waals surface area contributed by atoms with Gasteiger partial charge in [0.05, 0.1) is 0 Å². The van der Waals surface area contributed by atoms with Gasteiger partial charge >= 0.3 is 5.97 Å². The summed E-state index contributed by atoms with van der Waals surface area (Å²) in [6, 6.07) is 14.5. The van der Waals surface area contributed by atoms with E-state index < -0.39 is 11.5 Å². The minimum atomic E-state index is -1.31. The van der Waals surface area contributed by atoms with Crippen LogP contribution in [0.3, 0.4) is 0 Å². The molecule has 0 bridgehead atoms. The van der Waals surface area contributed by atoms with Crippen LogP contribution in [0.25, 0.3) is 6.08 Å². The molecule has 0 aromatic heterocycles. The van der Waals surface area contributed by atoms with Crippen molar-refractivity contribution < 1.29 is 19.0 Å². The van der Waals surface area contributed by atoms with Gasteiger partial charge in [-0.2, -0.15) is 5.26 Å². The lowest BCUT2D eigenvalue weighted by atomic mass is 10.1. The monoisotopic (exact) mass is 297 g/mol. The largest absolute Gasteiger partial charge is 0.488 e. The first-order chi connectivity index (χ1) is 10.6. The Morgan fingerprint density at radius 3 is 2.59 bits per heavy atom. The molecule has 0 saturated heterocycles. The van der Waals surface area contributed by atoms with Gasteiger partial charge in [-0.15, -0.1) is 0 Å². The fourth-order valence-electron chi connectivity index (χ4n) is 1.80. The number of benzene rings is 2. The van der Waals surface area contributed by atoms with E-state index in [1.165, 1.54) is 12.1 Å². The first kappa shape index (κ1) is 15.3. The van der Waals surface area contributed by atoms with Crippen LogP contribution in [0, 0.1) is 17.1 Å². The van der Waals surface area contributed by atoms with Gasteiger partial charge in [-0.3, -0.25) is 0 Å². The van der Waals surface area contributed by atoms with Crippen molar-refractivity contribution in [3.8, 4) is 11.8 Å². The molecular formula is C17H12FNO3. The van der Waals surface area contributed by atoms with E-state index in [1.54, 1.807) is 48.5 Å². The fourth-order valence-corrected chi connectivity index (χ4v) is 1.80. The fraction of sp³-hybridized carbons (Fsp3) is 0.0588. The molecule has 0 aliphatic carbocycles. The van der Waals surface area contributed by atoms with E-state index >= 15 is 0 Å². The van der Waals surface area contributed by atoms with Gasteiger partial charge in [-0.25, -0.2) is 9.18 Å². The number of rotatable bonds is 5.